The highest BCUT2D eigenvalue weighted by atomic mass is 19.1. The smallest absolute Gasteiger partial charge is 0.338 e. The van der Waals surface area contributed by atoms with Crippen molar-refractivity contribution in [2.24, 2.45) is 0 Å². The van der Waals surface area contributed by atoms with Crippen LogP contribution in [0.3, 0.4) is 0 Å². The maximum Gasteiger partial charge on any atom is 0.338 e. The van der Waals surface area contributed by atoms with Gasteiger partial charge in [0, 0.05) is 19.3 Å². The van der Waals surface area contributed by atoms with Crippen molar-refractivity contribution in [3.8, 4) is 0 Å². The molecule has 0 saturated carbocycles. The molecule has 2 aromatic carbocycles. The number of hydrogen-bond donors (Lipinski definition) is 2. The third-order valence-corrected chi connectivity index (χ3v) is 4.96. The van der Waals surface area contributed by atoms with E-state index in [4.69, 9.17) is 19.7 Å². The number of rotatable bonds is 12. The molecule has 0 amide bonds. The Morgan fingerprint density at radius 1 is 0.824 bits per heavy atom. The highest BCUT2D eigenvalue weighted by Crippen LogP contribution is 2.24. The van der Waals surface area contributed by atoms with Crippen molar-refractivity contribution in [2.75, 3.05) is 13.2 Å². The third kappa shape index (κ3) is 7.99. The Hall–Kier alpha value is -3.75. The van der Waals surface area contributed by atoms with E-state index in [-0.39, 0.29) is 62.0 Å². The monoisotopic (exact) mass is 474 g/mol. The lowest BCUT2D eigenvalue weighted by atomic mass is 9.93. The average molecular weight is 474 g/mol. The summed E-state index contributed by atoms with van der Waals surface area (Å²) in [6, 6.07) is 7.28. The lowest BCUT2D eigenvalue weighted by Crippen LogP contribution is -2.13. The van der Waals surface area contributed by atoms with Gasteiger partial charge in [0.25, 0.3) is 0 Å². The second-order valence-corrected chi connectivity index (χ2v) is 7.87. The molecule has 0 unspecified atom stereocenters. The molecule has 8 nitrogen and oxygen atoms in total. The fourth-order valence-corrected chi connectivity index (χ4v) is 3.46. The van der Waals surface area contributed by atoms with Crippen LogP contribution in [0.1, 0.15) is 68.7 Å². The molecule has 0 aromatic heterocycles. The van der Waals surface area contributed by atoms with E-state index in [9.17, 15) is 23.6 Å². The Labute approximate surface area is 196 Å². The van der Waals surface area contributed by atoms with Gasteiger partial charge in [-0.15, -0.1) is 0 Å². The number of carboxylic acid groups (broad SMARTS) is 2. The van der Waals surface area contributed by atoms with Gasteiger partial charge in [-0.05, 0) is 61.6 Å². The lowest BCUT2D eigenvalue weighted by Gasteiger charge is -2.15. The Morgan fingerprint density at radius 2 is 1.41 bits per heavy atom. The molecule has 0 saturated heterocycles. The molecule has 0 aliphatic rings. The van der Waals surface area contributed by atoms with Gasteiger partial charge in [0.15, 0.2) is 0 Å². The van der Waals surface area contributed by atoms with Crippen LogP contribution in [0, 0.1) is 19.7 Å². The molecule has 0 atom stereocenters. The van der Waals surface area contributed by atoms with Crippen LogP contribution in [0.5, 0.6) is 0 Å². The maximum atomic E-state index is 14.6. The summed E-state index contributed by atoms with van der Waals surface area (Å²) in [6.07, 6.45) is 0.0809. The van der Waals surface area contributed by atoms with E-state index in [0.717, 1.165) is 11.6 Å². The van der Waals surface area contributed by atoms with Crippen LogP contribution in [0.4, 0.5) is 4.39 Å². The summed E-state index contributed by atoms with van der Waals surface area (Å²) in [5, 5.41) is 17.4. The zero-order valence-electron chi connectivity index (χ0n) is 19.1. The van der Waals surface area contributed by atoms with Gasteiger partial charge in [-0.2, -0.15) is 0 Å². The number of aryl methyl sites for hydroxylation is 2. The number of halogens is 1. The van der Waals surface area contributed by atoms with Crippen LogP contribution in [0.2, 0.25) is 0 Å². The van der Waals surface area contributed by atoms with E-state index < -0.39 is 29.7 Å². The molecule has 0 spiro atoms. The number of carbonyl (C=O) groups excluding carboxylic acids is 2. The molecular weight excluding hydrogens is 447 g/mol. The van der Waals surface area contributed by atoms with Crippen molar-refractivity contribution in [3.05, 3.63) is 69.5 Å². The van der Waals surface area contributed by atoms with E-state index in [1.54, 1.807) is 19.1 Å². The summed E-state index contributed by atoms with van der Waals surface area (Å²) in [5.74, 6) is -3.89. The average Bonchev–Trinajstić information content (AvgIpc) is 2.75. The highest BCUT2D eigenvalue weighted by molar-refractivity contribution is 5.93. The number of hydrogen-bond acceptors (Lipinski definition) is 6. The number of aliphatic carboxylic acids is 2. The molecule has 2 N–H and O–H groups in total. The van der Waals surface area contributed by atoms with Gasteiger partial charge in [-0.1, -0.05) is 17.7 Å². The fraction of sp³-hybridized carbons (Fsp3) is 0.360. The Balaban J connectivity index is 2.21. The number of carbonyl (C=O) groups is 4. The first kappa shape index (κ1) is 26.5. The molecular formula is C25H27FO8. The molecule has 182 valence electrons. The minimum Gasteiger partial charge on any atom is -0.481 e. The van der Waals surface area contributed by atoms with E-state index in [1.807, 2.05) is 6.92 Å². The molecule has 0 bridgehead atoms. The first-order valence-electron chi connectivity index (χ1n) is 10.7. The molecule has 2 rings (SSSR count). The van der Waals surface area contributed by atoms with Gasteiger partial charge < -0.3 is 19.7 Å². The van der Waals surface area contributed by atoms with Crippen molar-refractivity contribution in [2.45, 2.75) is 46.0 Å². The topological polar surface area (TPSA) is 127 Å². The molecule has 0 aliphatic carbocycles. The van der Waals surface area contributed by atoms with E-state index in [2.05, 4.69) is 0 Å². The molecule has 2 aromatic rings. The summed E-state index contributed by atoms with van der Waals surface area (Å²) in [6.45, 7) is 3.42. The largest absolute Gasteiger partial charge is 0.481 e. The van der Waals surface area contributed by atoms with Gasteiger partial charge in [0.1, 0.15) is 5.82 Å². The summed E-state index contributed by atoms with van der Waals surface area (Å²) in [5.41, 5.74) is 2.53. The van der Waals surface area contributed by atoms with E-state index >= 15 is 0 Å². The number of ether oxygens (including phenoxy) is 2. The van der Waals surface area contributed by atoms with Crippen molar-refractivity contribution >= 4 is 23.9 Å². The first-order valence-corrected chi connectivity index (χ1v) is 10.7. The minimum absolute atomic E-state index is 0.00798. The van der Waals surface area contributed by atoms with Crippen LogP contribution in [-0.4, -0.2) is 47.3 Å². The predicted molar refractivity (Wildman–Crippen MR) is 119 cm³/mol. The van der Waals surface area contributed by atoms with E-state index in [1.165, 1.54) is 12.1 Å². The molecule has 0 aliphatic heterocycles. The molecule has 0 fully saturated rings. The van der Waals surface area contributed by atoms with Crippen molar-refractivity contribution in [1.82, 2.24) is 0 Å². The van der Waals surface area contributed by atoms with Crippen molar-refractivity contribution in [1.29, 1.82) is 0 Å². The molecule has 0 radical (unpaired) electrons. The van der Waals surface area contributed by atoms with Gasteiger partial charge in [0.2, 0.25) is 0 Å². The van der Waals surface area contributed by atoms with Crippen LogP contribution in [0.25, 0.3) is 0 Å². The minimum atomic E-state index is -0.996. The first-order chi connectivity index (χ1) is 16.1. The SMILES string of the molecule is Cc1cc(C)c(C(=O)OCCCC(=O)O)c(Cc2cc(C(=O)OCCCC(=O)O)ccc2F)c1. The maximum absolute atomic E-state index is 14.6. The Kier molecular flexibility index (Phi) is 9.73. The molecule has 34 heavy (non-hydrogen) atoms. The summed E-state index contributed by atoms with van der Waals surface area (Å²) < 4.78 is 24.9. The summed E-state index contributed by atoms with van der Waals surface area (Å²) >= 11 is 0. The summed E-state index contributed by atoms with van der Waals surface area (Å²) in [4.78, 5) is 46.2. The van der Waals surface area contributed by atoms with Crippen molar-refractivity contribution in [3.63, 3.8) is 0 Å². The fourth-order valence-electron chi connectivity index (χ4n) is 3.46. The van der Waals surface area contributed by atoms with Gasteiger partial charge in [-0.3, -0.25) is 9.59 Å². The van der Waals surface area contributed by atoms with E-state index in [0.29, 0.717) is 11.1 Å². The quantitative estimate of drug-likeness (QED) is 0.348. The molecule has 0 heterocycles. The Bertz CT molecular complexity index is 1080. The second kappa shape index (κ2) is 12.5. The third-order valence-electron chi connectivity index (χ3n) is 4.96. The Morgan fingerprint density at radius 3 is 2.00 bits per heavy atom. The van der Waals surface area contributed by atoms with Gasteiger partial charge >= 0.3 is 23.9 Å². The van der Waals surface area contributed by atoms with Gasteiger partial charge in [0.05, 0.1) is 24.3 Å². The second-order valence-electron chi connectivity index (χ2n) is 7.87. The predicted octanol–water partition coefficient (Wildman–Crippen LogP) is 4.08. The van der Waals surface area contributed by atoms with Gasteiger partial charge in [-0.25, -0.2) is 14.0 Å². The zero-order chi connectivity index (χ0) is 25.3. The zero-order valence-corrected chi connectivity index (χ0v) is 19.1. The van der Waals surface area contributed by atoms with Crippen LogP contribution in [0.15, 0.2) is 30.3 Å². The number of esters is 2. The van der Waals surface area contributed by atoms with Crippen LogP contribution in [-0.2, 0) is 25.5 Å². The van der Waals surface area contributed by atoms with Crippen LogP contribution >= 0.6 is 0 Å². The molecule has 9 heteroatoms. The highest BCUT2D eigenvalue weighted by Gasteiger charge is 2.19. The van der Waals surface area contributed by atoms with Crippen LogP contribution < -0.4 is 0 Å². The number of benzene rings is 2. The van der Waals surface area contributed by atoms with Crippen molar-refractivity contribution < 1.29 is 43.3 Å². The standard InChI is InChI=1S/C25H27FO8/c1-15-11-16(2)23(25(32)34-10-4-6-22(29)30)19(12-15)14-18-13-17(7-8-20(18)26)24(31)33-9-3-5-21(27)28/h7-8,11-13H,3-6,9-10,14H2,1-2H3,(H,27,28)(H,29,30). The lowest BCUT2D eigenvalue weighted by molar-refractivity contribution is -0.138. The number of carboxylic acids is 2. The normalized spacial score (nSPS) is 10.6. The summed E-state index contributed by atoms with van der Waals surface area (Å²) in [7, 11) is 0.